The third-order valence-electron chi connectivity index (χ3n) is 6.41. The number of likely N-dealkylation sites (N-methyl/N-ethyl adjacent to an activating group) is 2. The number of nitrogens with two attached hydrogens (primary N) is 1. The van der Waals surface area contributed by atoms with Crippen LogP contribution in [0, 0.1) is 6.92 Å². The van der Waals surface area contributed by atoms with Gasteiger partial charge in [-0.1, -0.05) is 6.08 Å². The van der Waals surface area contributed by atoms with Crippen LogP contribution in [0.3, 0.4) is 0 Å². The summed E-state index contributed by atoms with van der Waals surface area (Å²) < 4.78 is 40.1. The zero-order valence-electron chi connectivity index (χ0n) is 23.8. The summed E-state index contributed by atoms with van der Waals surface area (Å²) in [5, 5.41) is 3.89. The maximum Gasteiger partial charge on any atom is 0.416 e. The number of anilines is 3. The number of hydrogen-bond acceptors (Lipinski definition) is 7. The van der Waals surface area contributed by atoms with Gasteiger partial charge in [0.15, 0.2) is 0 Å². The zero-order valence-corrected chi connectivity index (χ0v) is 23.8. The lowest BCUT2D eigenvalue weighted by molar-refractivity contribution is -0.137. The van der Waals surface area contributed by atoms with Crippen LogP contribution in [-0.4, -0.2) is 59.8 Å². The minimum absolute atomic E-state index is 0.0160. The Morgan fingerprint density at radius 1 is 1.12 bits per heavy atom. The monoisotopic (exact) mass is 569 g/mol. The Morgan fingerprint density at radius 2 is 1.83 bits per heavy atom. The van der Waals surface area contributed by atoms with Crippen molar-refractivity contribution in [2.24, 2.45) is 0 Å². The molecule has 2 amide bonds. The van der Waals surface area contributed by atoms with E-state index >= 15 is 0 Å². The number of nitrogens with zero attached hydrogens (tertiary/aromatic N) is 5. The first-order chi connectivity index (χ1) is 19.2. The molecule has 0 aliphatic carbocycles. The number of fused-ring (bicyclic) bond motifs is 1. The highest BCUT2D eigenvalue weighted by atomic mass is 19.4. The standard InChI is InChI=1S/C29H34F3N7O2/c1-7-23(10-11-39(17-40)16-27(41)37(4)5)38(6)24-8-9-26-25(15-24)28(36-19(3)35-26)34-18(2)20-12-21(29(30,31)32)14-22(33)13-20/h7-15,17-18H,16,33H2,1-6H3,(H,34,35,36)/b11-10-,23-7+/t18-/m1/s1. The highest BCUT2D eigenvalue weighted by molar-refractivity contribution is 5.92. The van der Waals surface area contributed by atoms with E-state index in [0.717, 1.165) is 23.5 Å². The number of carbonyl (C=O) groups excluding carboxylic acids is 2. The van der Waals surface area contributed by atoms with E-state index in [2.05, 4.69) is 15.3 Å². The molecule has 1 aromatic heterocycles. The average Bonchev–Trinajstić information content (AvgIpc) is 2.91. The van der Waals surface area contributed by atoms with Gasteiger partial charge in [-0.15, -0.1) is 0 Å². The smallest absolute Gasteiger partial charge is 0.399 e. The molecule has 1 atom stereocenters. The van der Waals surface area contributed by atoms with E-state index in [-0.39, 0.29) is 18.1 Å². The van der Waals surface area contributed by atoms with Gasteiger partial charge in [0.2, 0.25) is 12.3 Å². The van der Waals surface area contributed by atoms with Crippen LogP contribution < -0.4 is 16.0 Å². The molecule has 3 N–H and O–H groups in total. The molecule has 0 spiro atoms. The molecule has 3 rings (SSSR count). The van der Waals surface area contributed by atoms with Gasteiger partial charge >= 0.3 is 6.18 Å². The van der Waals surface area contributed by atoms with Crippen LogP contribution in [0.15, 0.2) is 60.4 Å². The number of hydrogen-bond donors (Lipinski definition) is 2. The summed E-state index contributed by atoms with van der Waals surface area (Å²) in [7, 11) is 5.07. The van der Waals surface area contributed by atoms with Crippen molar-refractivity contribution in [3.63, 3.8) is 0 Å². The van der Waals surface area contributed by atoms with Crippen molar-refractivity contribution in [2.75, 3.05) is 43.6 Å². The first-order valence-corrected chi connectivity index (χ1v) is 12.8. The summed E-state index contributed by atoms with van der Waals surface area (Å²) in [6.45, 7) is 5.22. The van der Waals surface area contributed by atoms with Crippen molar-refractivity contribution in [1.29, 1.82) is 0 Å². The summed E-state index contributed by atoms with van der Waals surface area (Å²) in [5.41, 5.74) is 7.50. The SMILES string of the molecule is C/C=C(\C=C/N(C=O)CC(=O)N(C)C)N(C)c1ccc2nc(C)nc(N[C@H](C)c3cc(N)cc(C(F)(F)F)c3)c2c1. The summed E-state index contributed by atoms with van der Waals surface area (Å²) in [6.07, 6.45) is 1.15. The van der Waals surface area contributed by atoms with E-state index < -0.39 is 17.8 Å². The number of allylic oxidation sites excluding steroid dienone is 2. The highest BCUT2D eigenvalue weighted by Crippen LogP contribution is 2.34. The van der Waals surface area contributed by atoms with E-state index in [1.165, 1.54) is 22.1 Å². The fourth-order valence-corrected chi connectivity index (χ4v) is 4.08. The Labute approximate surface area is 237 Å². The molecule has 0 saturated heterocycles. The van der Waals surface area contributed by atoms with Crippen molar-refractivity contribution in [3.8, 4) is 0 Å². The summed E-state index contributed by atoms with van der Waals surface area (Å²) >= 11 is 0. The van der Waals surface area contributed by atoms with E-state index in [4.69, 9.17) is 5.73 Å². The quantitative estimate of drug-likeness (QED) is 0.198. The number of alkyl halides is 3. The van der Waals surface area contributed by atoms with Gasteiger partial charge in [-0.2, -0.15) is 13.2 Å². The largest absolute Gasteiger partial charge is 0.416 e. The molecule has 0 aliphatic rings. The minimum atomic E-state index is -4.52. The lowest BCUT2D eigenvalue weighted by Gasteiger charge is -2.23. The van der Waals surface area contributed by atoms with Gasteiger partial charge in [0, 0.05) is 49.8 Å². The lowest BCUT2D eigenvalue weighted by Crippen LogP contribution is -2.33. The first-order valence-electron chi connectivity index (χ1n) is 12.8. The Hall–Kier alpha value is -4.61. The van der Waals surface area contributed by atoms with E-state index in [1.54, 1.807) is 34.0 Å². The number of amides is 2. The second-order valence-corrected chi connectivity index (χ2v) is 9.73. The second kappa shape index (κ2) is 12.7. The minimum Gasteiger partial charge on any atom is -0.399 e. The van der Waals surface area contributed by atoms with Gasteiger partial charge in [-0.05, 0) is 68.8 Å². The number of halogens is 3. The molecular weight excluding hydrogens is 535 g/mol. The van der Waals surface area contributed by atoms with Crippen LogP contribution in [-0.2, 0) is 15.8 Å². The van der Waals surface area contributed by atoms with E-state index in [1.807, 2.05) is 43.1 Å². The van der Waals surface area contributed by atoms with Crippen molar-refractivity contribution >= 4 is 40.4 Å². The zero-order chi connectivity index (χ0) is 30.5. The van der Waals surface area contributed by atoms with Crippen molar-refractivity contribution in [2.45, 2.75) is 33.0 Å². The third kappa shape index (κ3) is 7.74. The first kappa shape index (κ1) is 30.9. The number of carbonyl (C=O) groups is 2. The number of rotatable bonds is 10. The van der Waals surface area contributed by atoms with Crippen LogP contribution in [0.4, 0.5) is 30.4 Å². The molecule has 9 nitrogen and oxygen atoms in total. The predicted octanol–water partition coefficient (Wildman–Crippen LogP) is 5.11. The number of aryl methyl sites for hydroxylation is 1. The van der Waals surface area contributed by atoms with Gasteiger partial charge < -0.3 is 25.8 Å². The predicted molar refractivity (Wildman–Crippen MR) is 155 cm³/mol. The topological polar surface area (TPSA) is 108 Å². The molecule has 0 bridgehead atoms. The molecule has 0 fully saturated rings. The van der Waals surface area contributed by atoms with Crippen LogP contribution in [0.2, 0.25) is 0 Å². The van der Waals surface area contributed by atoms with Gasteiger partial charge in [-0.25, -0.2) is 9.97 Å². The van der Waals surface area contributed by atoms with Crippen molar-refractivity contribution in [1.82, 2.24) is 19.8 Å². The Bertz CT molecular complexity index is 1490. The van der Waals surface area contributed by atoms with Crippen LogP contribution in [0.1, 0.15) is 36.8 Å². The lowest BCUT2D eigenvalue weighted by atomic mass is 10.0. The van der Waals surface area contributed by atoms with E-state index in [0.29, 0.717) is 34.5 Å². The third-order valence-corrected chi connectivity index (χ3v) is 6.41. The molecule has 1 heterocycles. The Balaban J connectivity index is 1.93. The molecule has 0 radical (unpaired) electrons. The van der Waals surface area contributed by atoms with Gasteiger partial charge in [0.1, 0.15) is 18.2 Å². The molecular formula is C29H34F3N7O2. The molecule has 0 saturated carbocycles. The summed E-state index contributed by atoms with van der Waals surface area (Å²) in [6, 6.07) is 8.51. The fourth-order valence-electron chi connectivity index (χ4n) is 4.08. The molecule has 2 aromatic carbocycles. The van der Waals surface area contributed by atoms with Crippen molar-refractivity contribution in [3.05, 3.63) is 77.4 Å². The van der Waals surface area contributed by atoms with Gasteiger partial charge in [0.25, 0.3) is 0 Å². The number of nitrogen functional groups attached to an aromatic ring is 1. The normalized spacial score (nSPS) is 12.9. The summed E-state index contributed by atoms with van der Waals surface area (Å²) in [5.74, 6) is 0.734. The van der Waals surface area contributed by atoms with Crippen molar-refractivity contribution < 1.29 is 22.8 Å². The van der Waals surface area contributed by atoms with Gasteiger partial charge in [0.05, 0.1) is 17.1 Å². The highest BCUT2D eigenvalue weighted by Gasteiger charge is 2.31. The Kier molecular flexibility index (Phi) is 9.59. The summed E-state index contributed by atoms with van der Waals surface area (Å²) in [4.78, 5) is 37.1. The average molecular weight is 570 g/mol. The molecule has 41 heavy (non-hydrogen) atoms. The van der Waals surface area contributed by atoms with Crippen LogP contribution in [0.25, 0.3) is 10.9 Å². The molecule has 218 valence electrons. The van der Waals surface area contributed by atoms with Crippen LogP contribution in [0.5, 0.6) is 0 Å². The second-order valence-electron chi connectivity index (χ2n) is 9.73. The molecule has 0 aliphatic heterocycles. The van der Waals surface area contributed by atoms with Gasteiger partial charge in [-0.3, -0.25) is 9.59 Å². The maximum absolute atomic E-state index is 13.4. The maximum atomic E-state index is 13.4. The van der Waals surface area contributed by atoms with Crippen LogP contribution >= 0.6 is 0 Å². The number of nitrogens with one attached hydrogen (secondary N) is 1. The number of aromatic nitrogens is 2. The fraction of sp³-hybridized carbons (Fsp3) is 0.310. The molecule has 0 unspecified atom stereocenters. The molecule has 12 heteroatoms. The number of benzene rings is 2. The van der Waals surface area contributed by atoms with E-state index in [9.17, 15) is 22.8 Å². The Morgan fingerprint density at radius 3 is 2.44 bits per heavy atom. The molecule has 3 aromatic rings.